The molecule has 27 heavy (non-hydrogen) atoms. The number of halogens is 1. The van der Waals surface area contributed by atoms with Crippen LogP contribution in [0.1, 0.15) is 24.0 Å². The molecule has 0 aromatic heterocycles. The van der Waals surface area contributed by atoms with Crippen LogP contribution >= 0.6 is 0 Å². The Morgan fingerprint density at radius 3 is 2.81 bits per heavy atom. The zero-order valence-corrected chi connectivity index (χ0v) is 15.5. The highest BCUT2D eigenvalue weighted by molar-refractivity contribution is 5.69. The van der Waals surface area contributed by atoms with Crippen LogP contribution in [-0.4, -0.2) is 40.0 Å². The summed E-state index contributed by atoms with van der Waals surface area (Å²) in [6, 6.07) is 11.8. The van der Waals surface area contributed by atoms with Crippen molar-refractivity contribution in [1.29, 1.82) is 0 Å². The Morgan fingerprint density at radius 2 is 2.00 bits per heavy atom. The van der Waals surface area contributed by atoms with Crippen LogP contribution in [0.25, 0.3) is 0 Å². The second-order valence-electron chi connectivity index (χ2n) is 7.81. The van der Waals surface area contributed by atoms with Gasteiger partial charge in [-0.2, -0.15) is 0 Å². The van der Waals surface area contributed by atoms with E-state index in [-0.39, 0.29) is 17.0 Å². The summed E-state index contributed by atoms with van der Waals surface area (Å²) < 4.78 is 31.2. The Kier molecular flexibility index (Phi) is 4.01. The van der Waals surface area contributed by atoms with Crippen LogP contribution in [0.2, 0.25) is 0 Å². The summed E-state index contributed by atoms with van der Waals surface area (Å²) in [4.78, 5) is 2.46. The van der Waals surface area contributed by atoms with E-state index in [9.17, 15) is 4.39 Å². The zero-order valence-electron chi connectivity index (χ0n) is 15.5. The molecule has 4 nitrogen and oxygen atoms in total. The number of anilines is 1. The lowest BCUT2D eigenvalue weighted by atomic mass is 9.77. The normalized spacial score (nSPS) is 24.0. The van der Waals surface area contributed by atoms with Crippen LogP contribution in [0.4, 0.5) is 10.1 Å². The Balaban J connectivity index is 1.54. The highest BCUT2D eigenvalue weighted by atomic mass is 19.1. The van der Waals surface area contributed by atoms with Gasteiger partial charge < -0.3 is 19.1 Å². The van der Waals surface area contributed by atoms with Gasteiger partial charge in [-0.1, -0.05) is 18.2 Å². The number of hydrogen-bond donors (Lipinski definition) is 0. The molecule has 0 saturated carbocycles. The van der Waals surface area contributed by atoms with Gasteiger partial charge >= 0.3 is 0 Å². The van der Waals surface area contributed by atoms with Crippen molar-refractivity contribution in [1.82, 2.24) is 0 Å². The van der Waals surface area contributed by atoms with Crippen LogP contribution in [0.15, 0.2) is 36.4 Å². The average molecular weight is 369 g/mol. The standard InChI is InChI=1S/C22H24FNO3/c1-25-21-11-20-17(10-18(21)23)22(14-27-20)13-24(12-15-6-8-26-9-7-15)19-5-3-2-4-16(19)22/h2-5,10-11,15H,6-9,12-14H2,1H3. The summed E-state index contributed by atoms with van der Waals surface area (Å²) in [5, 5.41) is 0. The van der Waals surface area contributed by atoms with Crippen molar-refractivity contribution in [2.75, 3.05) is 44.9 Å². The van der Waals surface area contributed by atoms with Gasteiger partial charge in [0, 0.05) is 43.6 Å². The van der Waals surface area contributed by atoms with Crippen molar-refractivity contribution in [3.8, 4) is 11.5 Å². The molecule has 3 heterocycles. The molecule has 2 aromatic rings. The molecule has 0 N–H and O–H groups in total. The number of nitrogens with zero attached hydrogens (tertiary/aromatic N) is 1. The molecule has 142 valence electrons. The summed E-state index contributed by atoms with van der Waals surface area (Å²) in [5.74, 6) is 1.27. The first-order chi connectivity index (χ1) is 13.2. The number of ether oxygens (including phenoxy) is 3. The van der Waals surface area contributed by atoms with E-state index in [4.69, 9.17) is 14.2 Å². The molecule has 1 saturated heterocycles. The smallest absolute Gasteiger partial charge is 0.165 e. The highest BCUT2D eigenvalue weighted by Crippen LogP contribution is 2.52. The van der Waals surface area contributed by atoms with Crippen LogP contribution in [-0.2, 0) is 10.2 Å². The fourth-order valence-electron chi connectivity index (χ4n) is 4.87. The third-order valence-electron chi connectivity index (χ3n) is 6.28. The molecule has 0 bridgehead atoms. The van der Waals surface area contributed by atoms with E-state index in [1.165, 1.54) is 18.4 Å². The fourth-order valence-corrected chi connectivity index (χ4v) is 4.87. The number of benzene rings is 2. The molecule has 0 amide bonds. The minimum absolute atomic E-state index is 0.233. The van der Waals surface area contributed by atoms with Gasteiger partial charge in [0.25, 0.3) is 0 Å². The first-order valence-corrected chi connectivity index (χ1v) is 9.64. The van der Waals surface area contributed by atoms with Crippen molar-refractivity contribution in [3.63, 3.8) is 0 Å². The minimum atomic E-state index is -0.332. The van der Waals surface area contributed by atoms with E-state index in [1.54, 1.807) is 12.1 Å². The van der Waals surface area contributed by atoms with Gasteiger partial charge in [-0.15, -0.1) is 0 Å². The van der Waals surface area contributed by atoms with E-state index >= 15 is 0 Å². The van der Waals surface area contributed by atoms with Gasteiger partial charge in [-0.3, -0.25) is 0 Å². The van der Waals surface area contributed by atoms with Gasteiger partial charge in [0.1, 0.15) is 12.4 Å². The topological polar surface area (TPSA) is 30.9 Å². The molecule has 2 aromatic carbocycles. The third kappa shape index (κ3) is 2.59. The summed E-state index contributed by atoms with van der Waals surface area (Å²) in [6.45, 7) is 4.07. The SMILES string of the molecule is COc1cc2c(cc1F)C1(CO2)CN(CC2CCOCC2)c2ccccc21. The fraction of sp³-hybridized carbons (Fsp3) is 0.455. The molecule has 3 aliphatic heterocycles. The molecular weight excluding hydrogens is 345 g/mol. The quantitative estimate of drug-likeness (QED) is 0.824. The van der Waals surface area contributed by atoms with Crippen LogP contribution < -0.4 is 14.4 Å². The second-order valence-corrected chi connectivity index (χ2v) is 7.81. The van der Waals surface area contributed by atoms with Gasteiger partial charge in [-0.05, 0) is 36.5 Å². The molecule has 1 atom stereocenters. The van der Waals surface area contributed by atoms with Crippen LogP contribution in [0, 0.1) is 11.7 Å². The van der Waals surface area contributed by atoms with Crippen molar-refractivity contribution in [2.24, 2.45) is 5.92 Å². The Bertz CT molecular complexity index is 865. The number of hydrogen-bond acceptors (Lipinski definition) is 4. The molecule has 0 radical (unpaired) electrons. The molecule has 5 rings (SSSR count). The highest BCUT2D eigenvalue weighted by Gasteiger charge is 2.50. The Labute approximate surface area is 158 Å². The van der Waals surface area contributed by atoms with Gasteiger partial charge in [0.05, 0.1) is 12.5 Å². The molecule has 1 unspecified atom stereocenters. The summed E-state index contributed by atoms with van der Waals surface area (Å²) in [6.07, 6.45) is 2.20. The van der Waals surface area contributed by atoms with Crippen molar-refractivity contribution < 1.29 is 18.6 Å². The molecule has 0 aliphatic carbocycles. The van der Waals surface area contributed by atoms with E-state index in [2.05, 4.69) is 29.2 Å². The number of rotatable bonds is 3. The van der Waals surface area contributed by atoms with E-state index in [1.807, 2.05) is 0 Å². The van der Waals surface area contributed by atoms with E-state index in [0.29, 0.717) is 12.5 Å². The predicted molar refractivity (Wildman–Crippen MR) is 101 cm³/mol. The number of fused-ring (bicyclic) bond motifs is 4. The first-order valence-electron chi connectivity index (χ1n) is 9.64. The molecular formula is C22H24FNO3. The Hall–Kier alpha value is -2.27. The van der Waals surface area contributed by atoms with Gasteiger partial charge in [-0.25, -0.2) is 4.39 Å². The monoisotopic (exact) mass is 369 g/mol. The van der Waals surface area contributed by atoms with Crippen molar-refractivity contribution in [3.05, 3.63) is 53.3 Å². The Morgan fingerprint density at radius 1 is 1.19 bits per heavy atom. The van der Waals surface area contributed by atoms with Gasteiger partial charge in [0.15, 0.2) is 11.6 Å². The van der Waals surface area contributed by atoms with Crippen molar-refractivity contribution in [2.45, 2.75) is 18.3 Å². The third-order valence-corrected chi connectivity index (χ3v) is 6.28. The summed E-state index contributed by atoms with van der Waals surface area (Å²) in [5.41, 5.74) is 3.10. The maximum absolute atomic E-state index is 14.5. The molecule has 3 aliphatic rings. The number of para-hydroxylation sites is 1. The van der Waals surface area contributed by atoms with Gasteiger partial charge in [0.2, 0.25) is 0 Å². The lowest BCUT2D eigenvalue weighted by Crippen LogP contribution is -2.39. The molecule has 5 heteroatoms. The van der Waals surface area contributed by atoms with E-state index < -0.39 is 0 Å². The lowest BCUT2D eigenvalue weighted by Gasteiger charge is -2.30. The maximum Gasteiger partial charge on any atom is 0.165 e. The second kappa shape index (κ2) is 6.41. The zero-order chi connectivity index (χ0) is 18.4. The van der Waals surface area contributed by atoms with Crippen LogP contribution in [0.3, 0.4) is 0 Å². The predicted octanol–water partition coefficient (Wildman–Crippen LogP) is 3.76. The van der Waals surface area contributed by atoms with E-state index in [0.717, 1.165) is 50.5 Å². The summed E-state index contributed by atoms with van der Waals surface area (Å²) >= 11 is 0. The molecule has 1 spiro atoms. The summed E-state index contributed by atoms with van der Waals surface area (Å²) in [7, 11) is 1.48. The first kappa shape index (κ1) is 16.9. The maximum atomic E-state index is 14.5. The van der Waals surface area contributed by atoms with Crippen molar-refractivity contribution >= 4 is 5.69 Å². The lowest BCUT2D eigenvalue weighted by molar-refractivity contribution is 0.0681. The minimum Gasteiger partial charge on any atom is -0.494 e. The average Bonchev–Trinajstić information content (AvgIpc) is 3.21. The molecule has 1 fully saturated rings. The number of methoxy groups -OCH3 is 1. The largest absolute Gasteiger partial charge is 0.494 e. The van der Waals surface area contributed by atoms with Crippen LogP contribution in [0.5, 0.6) is 11.5 Å².